The molecule has 0 saturated carbocycles. The Bertz CT molecular complexity index is 549. The van der Waals surface area contributed by atoms with Gasteiger partial charge in [-0.1, -0.05) is 6.92 Å². The highest BCUT2D eigenvalue weighted by atomic mass is 127. The van der Waals surface area contributed by atoms with E-state index in [4.69, 9.17) is 0 Å². The van der Waals surface area contributed by atoms with Crippen LogP contribution in [-0.2, 0) is 13.5 Å². The van der Waals surface area contributed by atoms with Crippen molar-refractivity contribution in [3.8, 4) is 11.5 Å². The summed E-state index contributed by atoms with van der Waals surface area (Å²) in [6.45, 7) is 5.00. The fourth-order valence-electron chi connectivity index (χ4n) is 1.66. The number of hydrogen-bond donors (Lipinski definition) is 1. The molecular weight excluding hydrogens is 341 g/mol. The lowest BCUT2D eigenvalue weighted by atomic mass is 10.3. The van der Waals surface area contributed by atoms with Gasteiger partial charge in [0.1, 0.15) is 11.5 Å². The van der Waals surface area contributed by atoms with Crippen molar-refractivity contribution in [1.82, 2.24) is 19.7 Å². The monoisotopic (exact) mass is 357 g/mol. The molecule has 18 heavy (non-hydrogen) atoms. The molecule has 0 fully saturated rings. The molecule has 0 radical (unpaired) electrons. The van der Waals surface area contributed by atoms with E-state index in [2.05, 4.69) is 56.8 Å². The van der Waals surface area contributed by atoms with E-state index in [9.17, 15) is 0 Å². The fourth-order valence-corrected chi connectivity index (χ4v) is 2.47. The predicted octanol–water partition coefficient (Wildman–Crippen LogP) is 2.48. The lowest BCUT2D eigenvalue weighted by molar-refractivity contribution is 0.768. The van der Waals surface area contributed by atoms with Crippen molar-refractivity contribution in [2.45, 2.75) is 20.3 Å². The van der Waals surface area contributed by atoms with E-state index in [1.165, 1.54) is 0 Å². The normalized spacial score (nSPS) is 10.7. The number of rotatable bonds is 4. The zero-order valence-corrected chi connectivity index (χ0v) is 12.9. The van der Waals surface area contributed by atoms with E-state index in [0.29, 0.717) is 5.82 Å². The highest BCUT2D eigenvalue weighted by Gasteiger charge is 2.13. The van der Waals surface area contributed by atoms with Crippen molar-refractivity contribution >= 4 is 28.4 Å². The van der Waals surface area contributed by atoms with Crippen LogP contribution in [-0.4, -0.2) is 26.3 Å². The van der Waals surface area contributed by atoms with Gasteiger partial charge in [-0.2, -0.15) is 5.10 Å². The van der Waals surface area contributed by atoms with E-state index in [1.807, 2.05) is 19.3 Å². The van der Waals surface area contributed by atoms with E-state index in [1.54, 1.807) is 4.68 Å². The highest BCUT2D eigenvalue weighted by molar-refractivity contribution is 14.1. The minimum Gasteiger partial charge on any atom is -0.369 e. The first-order valence-corrected chi connectivity index (χ1v) is 7.03. The zero-order valence-electron chi connectivity index (χ0n) is 10.7. The Kier molecular flexibility index (Phi) is 4.15. The van der Waals surface area contributed by atoms with Crippen LogP contribution in [0.25, 0.3) is 11.5 Å². The first-order valence-electron chi connectivity index (χ1n) is 5.96. The molecule has 0 bridgehead atoms. The quantitative estimate of drug-likeness (QED) is 0.855. The molecule has 96 valence electrons. The Hall–Kier alpha value is -1.18. The molecule has 0 spiro atoms. The van der Waals surface area contributed by atoms with Crippen molar-refractivity contribution in [3.63, 3.8) is 0 Å². The molecule has 0 atom stereocenters. The maximum atomic E-state index is 4.58. The molecule has 0 amide bonds. The summed E-state index contributed by atoms with van der Waals surface area (Å²) in [6, 6.07) is 1.93. The molecule has 6 heteroatoms. The van der Waals surface area contributed by atoms with Gasteiger partial charge in [0.15, 0.2) is 5.82 Å². The average Bonchev–Trinajstić information content (AvgIpc) is 2.79. The third kappa shape index (κ3) is 2.63. The molecule has 5 nitrogen and oxygen atoms in total. The van der Waals surface area contributed by atoms with Crippen molar-refractivity contribution < 1.29 is 0 Å². The fraction of sp³-hybridized carbons (Fsp3) is 0.417. The minimum absolute atomic E-state index is 0.684. The van der Waals surface area contributed by atoms with E-state index in [0.717, 1.165) is 33.7 Å². The van der Waals surface area contributed by atoms with Gasteiger partial charge in [-0.05, 0) is 42.0 Å². The Morgan fingerprint density at radius 1 is 1.33 bits per heavy atom. The molecule has 0 aromatic carbocycles. The van der Waals surface area contributed by atoms with Crippen LogP contribution in [0.3, 0.4) is 0 Å². The predicted molar refractivity (Wildman–Crippen MR) is 80.5 cm³/mol. The average molecular weight is 357 g/mol. The standard InChI is InChI=1S/C12H16IN5/c1-4-8-10(13)12(14-5-2)16-11(15-8)9-6-7-18(3)17-9/h6-7H,4-5H2,1-3H3,(H,14,15,16). The summed E-state index contributed by atoms with van der Waals surface area (Å²) in [5, 5.41) is 7.62. The topological polar surface area (TPSA) is 55.6 Å². The molecule has 1 N–H and O–H groups in total. The summed E-state index contributed by atoms with van der Waals surface area (Å²) in [7, 11) is 1.89. The lowest BCUT2D eigenvalue weighted by Gasteiger charge is -2.10. The summed E-state index contributed by atoms with van der Waals surface area (Å²) >= 11 is 2.29. The third-order valence-electron chi connectivity index (χ3n) is 2.54. The summed E-state index contributed by atoms with van der Waals surface area (Å²) in [4.78, 5) is 9.13. The summed E-state index contributed by atoms with van der Waals surface area (Å²) in [5.41, 5.74) is 1.87. The number of aryl methyl sites for hydroxylation is 2. The molecular formula is C12H16IN5. The first kappa shape index (κ1) is 13.3. The Morgan fingerprint density at radius 3 is 2.67 bits per heavy atom. The van der Waals surface area contributed by atoms with Crippen LogP contribution in [0.2, 0.25) is 0 Å². The van der Waals surface area contributed by atoms with Gasteiger partial charge in [-0.25, -0.2) is 9.97 Å². The maximum Gasteiger partial charge on any atom is 0.182 e. The first-order chi connectivity index (χ1) is 8.65. The highest BCUT2D eigenvalue weighted by Crippen LogP contribution is 2.23. The van der Waals surface area contributed by atoms with Crippen molar-refractivity contribution in [2.75, 3.05) is 11.9 Å². The van der Waals surface area contributed by atoms with Gasteiger partial charge in [-0.15, -0.1) is 0 Å². The van der Waals surface area contributed by atoms with Gasteiger partial charge in [0, 0.05) is 19.8 Å². The molecule has 0 saturated heterocycles. The van der Waals surface area contributed by atoms with Crippen molar-refractivity contribution in [1.29, 1.82) is 0 Å². The number of halogens is 1. The molecule has 2 heterocycles. The summed E-state index contributed by atoms with van der Waals surface area (Å²) in [5.74, 6) is 1.58. The molecule has 0 aliphatic heterocycles. The Morgan fingerprint density at radius 2 is 2.11 bits per heavy atom. The van der Waals surface area contributed by atoms with Gasteiger partial charge < -0.3 is 5.32 Å². The molecule has 0 unspecified atom stereocenters. The van der Waals surface area contributed by atoms with Crippen LogP contribution in [0, 0.1) is 3.57 Å². The van der Waals surface area contributed by atoms with Crippen LogP contribution in [0.4, 0.5) is 5.82 Å². The minimum atomic E-state index is 0.684. The Balaban J connectivity index is 2.51. The SMILES string of the molecule is CCNc1nc(-c2ccn(C)n2)nc(CC)c1I. The maximum absolute atomic E-state index is 4.58. The van der Waals surface area contributed by atoms with Gasteiger partial charge in [-0.3, -0.25) is 4.68 Å². The van der Waals surface area contributed by atoms with Crippen LogP contribution in [0.15, 0.2) is 12.3 Å². The van der Waals surface area contributed by atoms with Crippen LogP contribution < -0.4 is 5.32 Å². The number of aromatic nitrogens is 4. The third-order valence-corrected chi connectivity index (χ3v) is 3.68. The smallest absolute Gasteiger partial charge is 0.182 e. The van der Waals surface area contributed by atoms with Gasteiger partial charge in [0.05, 0.1) is 9.26 Å². The molecule has 2 rings (SSSR count). The number of nitrogens with one attached hydrogen (secondary N) is 1. The molecule has 2 aromatic heterocycles. The number of anilines is 1. The van der Waals surface area contributed by atoms with E-state index < -0.39 is 0 Å². The van der Waals surface area contributed by atoms with Gasteiger partial charge >= 0.3 is 0 Å². The van der Waals surface area contributed by atoms with Crippen molar-refractivity contribution in [3.05, 3.63) is 21.5 Å². The largest absolute Gasteiger partial charge is 0.369 e. The van der Waals surface area contributed by atoms with E-state index in [-0.39, 0.29) is 0 Å². The summed E-state index contributed by atoms with van der Waals surface area (Å²) in [6.07, 6.45) is 2.79. The Labute approximate surface area is 120 Å². The number of hydrogen-bond acceptors (Lipinski definition) is 4. The van der Waals surface area contributed by atoms with Gasteiger partial charge in [0.25, 0.3) is 0 Å². The van der Waals surface area contributed by atoms with Crippen LogP contribution in [0.5, 0.6) is 0 Å². The second-order valence-electron chi connectivity index (χ2n) is 3.92. The van der Waals surface area contributed by atoms with E-state index >= 15 is 0 Å². The zero-order chi connectivity index (χ0) is 13.1. The summed E-state index contributed by atoms with van der Waals surface area (Å²) < 4.78 is 2.85. The molecule has 0 aliphatic carbocycles. The lowest BCUT2D eigenvalue weighted by Crippen LogP contribution is -2.08. The second-order valence-corrected chi connectivity index (χ2v) is 4.99. The van der Waals surface area contributed by atoms with Crippen LogP contribution in [0.1, 0.15) is 19.5 Å². The number of nitrogens with zero attached hydrogens (tertiary/aromatic N) is 4. The molecule has 2 aromatic rings. The molecule has 0 aliphatic rings. The second kappa shape index (κ2) is 5.64. The van der Waals surface area contributed by atoms with Crippen molar-refractivity contribution in [2.24, 2.45) is 7.05 Å². The van der Waals surface area contributed by atoms with Crippen LogP contribution >= 0.6 is 22.6 Å². The van der Waals surface area contributed by atoms with Gasteiger partial charge in [0.2, 0.25) is 0 Å².